The van der Waals surface area contributed by atoms with Gasteiger partial charge < -0.3 is 14.4 Å². The van der Waals surface area contributed by atoms with Gasteiger partial charge in [-0.05, 0) is 55.3 Å². The van der Waals surface area contributed by atoms with E-state index in [1.54, 1.807) is 4.90 Å². The van der Waals surface area contributed by atoms with Crippen molar-refractivity contribution in [3.63, 3.8) is 0 Å². The van der Waals surface area contributed by atoms with Gasteiger partial charge in [0, 0.05) is 37.1 Å². The molecule has 0 atom stereocenters. The monoisotopic (exact) mass is 483 g/mol. The Balaban J connectivity index is 1.42. The number of halogens is 1. The molecule has 3 aromatic rings. The van der Waals surface area contributed by atoms with Crippen molar-refractivity contribution in [3.05, 3.63) is 81.1 Å². The van der Waals surface area contributed by atoms with Crippen molar-refractivity contribution < 1.29 is 18.7 Å². The third-order valence-electron chi connectivity index (χ3n) is 6.03. The minimum absolute atomic E-state index is 0.130. The summed E-state index contributed by atoms with van der Waals surface area (Å²) < 4.78 is 24.8. The summed E-state index contributed by atoms with van der Waals surface area (Å²) in [6.45, 7) is 9.33. The van der Waals surface area contributed by atoms with Gasteiger partial charge in [0.15, 0.2) is 0 Å². The van der Waals surface area contributed by atoms with Gasteiger partial charge in [-0.3, -0.25) is 9.69 Å². The van der Waals surface area contributed by atoms with Crippen LogP contribution in [0, 0.1) is 19.7 Å². The number of aromatic nitrogens is 1. The predicted molar refractivity (Wildman–Crippen MR) is 131 cm³/mol. The first-order chi connectivity index (χ1) is 16.5. The Morgan fingerprint density at radius 3 is 2.71 bits per heavy atom. The molecule has 34 heavy (non-hydrogen) atoms. The molecule has 2 aromatic carbocycles. The quantitative estimate of drug-likeness (QED) is 0.450. The van der Waals surface area contributed by atoms with Crippen LogP contribution in [0.2, 0.25) is 0 Å². The number of rotatable bonds is 9. The Labute approximate surface area is 203 Å². The number of ether oxygens (including phenoxy) is 2. The lowest BCUT2D eigenvalue weighted by molar-refractivity contribution is 0.0319. The molecule has 1 fully saturated rings. The van der Waals surface area contributed by atoms with Crippen LogP contribution < -0.4 is 4.74 Å². The maximum absolute atomic E-state index is 13.4. The Morgan fingerprint density at radius 1 is 1.18 bits per heavy atom. The summed E-state index contributed by atoms with van der Waals surface area (Å²) in [4.78, 5) is 22.0. The van der Waals surface area contributed by atoms with Crippen molar-refractivity contribution in [1.82, 2.24) is 14.8 Å². The minimum atomic E-state index is -0.357. The summed E-state index contributed by atoms with van der Waals surface area (Å²) in [5.74, 6) is 0.370. The van der Waals surface area contributed by atoms with E-state index < -0.39 is 0 Å². The largest absolute Gasteiger partial charge is 0.486 e. The molecule has 180 valence electrons. The average molecular weight is 484 g/mol. The van der Waals surface area contributed by atoms with Crippen LogP contribution in [-0.4, -0.2) is 60.1 Å². The molecular formula is C26H30FN3O3S. The van der Waals surface area contributed by atoms with Gasteiger partial charge in [-0.25, -0.2) is 9.37 Å². The van der Waals surface area contributed by atoms with Crippen LogP contribution in [0.25, 0.3) is 0 Å². The molecule has 8 heteroatoms. The highest BCUT2D eigenvalue weighted by Crippen LogP contribution is 2.23. The first-order valence-corrected chi connectivity index (χ1v) is 12.3. The molecule has 0 aliphatic carbocycles. The van der Waals surface area contributed by atoms with E-state index in [4.69, 9.17) is 14.5 Å². The van der Waals surface area contributed by atoms with E-state index in [1.165, 1.54) is 41.2 Å². The molecule has 1 amide bonds. The van der Waals surface area contributed by atoms with Gasteiger partial charge in [0.05, 0.1) is 25.5 Å². The lowest BCUT2D eigenvalue weighted by Gasteiger charge is -2.30. The zero-order chi connectivity index (χ0) is 23.9. The molecule has 0 bridgehead atoms. The smallest absolute Gasteiger partial charge is 0.254 e. The molecule has 1 aliphatic rings. The third-order valence-corrected chi connectivity index (χ3v) is 6.90. The Morgan fingerprint density at radius 2 is 1.94 bits per heavy atom. The van der Waals surface area contributed by atoms with Crippen LogP contribution in [0.3, 0.4) is 0 Å². The SMILES string of the molecule is Cc1cccc(OCc2nc(CN(CCN3CCOCC3)C(=O)c3ccc(F)cc3)cs2)c1C. The first kappa shape index (κ1) is 24.3. The Bertz CT molecular complexity index is 1100. The van der Waals surface area contributed by atoms with Crippen LogP contribution in [0.15, 0.2) is 47.8 Å². The number of carbonyl (C=O) groups is 1. The second-order valence-corrected chi connectivity index (χ2v) is 9.35. The third kappa shape index (κ3) is 6.40. The maximum Gasteiger partial charge on any atom is 0.254 e. The maximum atomic E-state index is 13.4. The number of hydrogen-bond acceptors (Lipinski definition) is 6. The molecular weight excluding hydrogens is 453 g/mol. The summed E-state index contributed by atoms with van der Waals surface area (Å²) in [7, 11) is 0. The molecule has 0 saturated carbocycles. The van der Waals surface area contributed by atoms with E-state index in [2.05, 4.69) is 17.9 Å². The molecule has 0 radical (unpaired) electrons. The zero-order valence-corrected chi connectivity index (χ0v) is 20.4. The number of carbonyl (C=O) groups excluding carboxylic acids is 1. The summed E-state index contributed by atoms with van der Waals surface area (Å²) in [5.41, 5.74) is 3.60. The van der Waals surface area contributed by atoms with Crippen molar-refractivity contribution >= 4 is 17.2 Å². The highest BCUT2D eigenvalue weighted by Gasteiger charge is 2.20. The fourth-order valence-corrected chi connectivity index (χ4v) is 4.51. The Hall–Kier alpha value is -2.81. The van der Waals surface area contributed by atoms with Gasteiger partial charge in [0.1, 0.15) is 23.2 Å². The van der Waals surface area contributed by atoms with Gasteiger partial charge in [0.25, 0.3) is 5.91 Å². The van der Waals surface area contributed by atoms with Crippen LogP contribution in [-0.2, 0) is 17.9 Å². The summed E-state index contributed by atoms with van der Waals surface area (Å²) >= 11 is 1.53. The fraction of sp³-hybridized carbons (Fsp3) is 0.385. The fourth-order valence-electron chi connectivity index (χ4n) is 3.82. The number of hydrogen-bond donors (Lipinski definition) is 0. The van der Waals surface area contributed by atoms with Gasteiger partial charge in [-0.15, -0.1) is 11.3 Å². The predicted octanol–water partition coefficient (Wildman–Crippen LogP) is 4.45. The molecule has 0 spiro atoms. The molecule has 0 N–H and O–H groups in total. The van der Waals surface area contributed by atoms with Crippen molar-refractivity contribution in [1.29, 1.82) is 0 Å². The van der Waals surface area contributed by atoms with E-state index in [-0.39, 0.29) is 11.7 Å². The van der Waals surface area contributed by atoms with E-state index in [1.807, 2.05) is 24.4 Å². The highest BCUT2D eigenvalue weighted by molar-refractivity contribution is 7.09. The van der Waals surface area contributed by atoms with Crippen molar-refractivity contribution in [3.8, 4) is 5.75 Å². The Kier molecular flexibility index (Phi) is 8.26. The average Bonchev–Trinajstić information content (AvgIpc) is 3.31. The van der Waals surface area contributed by atoms with Gasteiger partial charge in [-0.2, -0.15) is 0 Å². The number of amides is 1. The van der Waals surface area contributed by atoms with E-state index in [9.17, 15) is 9.18 Å². The number of thiazole rings is 1. The van der Waals surface area contributed by atoms with Gasteiger partial charge >= 0.3 is 0 Å². The highest BCUT2D eigenvalue weighted by atomic mass is 32.1. The molecule has 2 heterocycles. The van der Waals surface area contributed by atoms with Crippen molar-refractivity contribution in [2.45, 2.75) is 27.0 Å². The summed E-state index contributed by atoms with van der Waals surface area (Å²) in [6, 6.07) is 11.7. The van der Waals surface area contributed by atoms with E-state index in [0.29, 0.717) is 38.5 Å². The van der Waals surface area contributed by atoms with E-state index >= 15 is 0 Å². The molecule has 1 saturated heterocycles. The number of benzene rings is 2. The summed E-state index contributed by atoms with van der Waals surface area (Å²) in [5, 5.41) is 2.83. The van der Waals surface area contributed by atoms with Gasteiger partial charge in [0.2, 0.25) is 0 Å². The van der Waals surface area contributed by atoms with Crippen molar-refractivity contribution in [2.24, 2.45) is 0 Å². The zero-order valence-electron chi connectivity index (χ0n) is 19.6. The normalized spacial score (nSPS) is 14.2. The van der Waals surface area contributed by atoms with Crippen LogP contribution in [0.1, 0.15) is 32.2 Å². The second kappa shape index (κ2) is 11.6. The number of aryl methyl sites for hydroxylation is 1. The second-order valence-electron chi connectivity index (χ2n) is 8.41. The molecule has 6 nitrogen and oxygen atoms in total. The van der Waals surface area contributed by atoms with Crippen LogP contribution in [0.4, 0.5) is 4.39 Å². The van der Waals surface area contributed by atoms with Crippen molar-refractivity contribution in [2.75, 3.05) is 39.4 Å². The molecule has 0 unspecified atom stereocenters. The number of nitrogens with zero attached hydrogens (tertiary/aromatic N) is 3. The lowest BCUT2D eigenvalue weighted by Crippen LogP contribution is -2.43. The van der Waals surface area contributed by atoms with Crippen LogP contribution in [0.5, 0.6) is 5.75 Å². The first-order valence-electron chi connectivity index (χ1n) is 11.5. The standard InChI is InChI=1S/C26H30FN3O3S/c1-19-4-3-5-24(20(19)2)33-17-25-28-23(18-34-25)16-30(11-10-29-12-14-32-15-13-29)26(31)21-6-8-22(27)9-7-21/h3-9,18H,10-17H2,1-2H3. The number of morpholine rings is 1. The van der Waals surface area contributed by atoms with E-state index in [0.717, 1.165) is 41.6 Å². The summed E-state index contributed by atoms with van der Waals surface area (Å²) in [6.07, 6.45) is 0. The topological polar surface area (TPSA) is 54.9 Å². The van der Waals surface area contributed by atoms with Crippen LogP contribution >= 0.6 is 11.3 Å². The minimum Gasteiger partial charge on any atom is -0.486 e. The molecule has 1 aromatic heterocycles. The molecule has 1 aliphatic heterocycles. The lowest BCUT2D eigenvalue weighted by atomic mass is 10.1. The van der Waals surface area contributed by atoms with Gasteiger partial charge in [-0.1, -0.05) is 12.1 Å². The molecule has 4 rings (SSSR count).